The number of rotatable bonds is 5. The minimum absolute atomic E-state index is 0.0710. The van der Waals surface area contributed by atoms with Crippen LogP contribution in [-0.2, 0) is 19.4 Å². The molecule has 1 heterocycles. The van der Waals surface area contributed by atoms with Crippen LogP contribution in [-0.4, -0.2) is 16.3 Å². The second kappa shape index (κ2) is 5.19. The molecule has 0 radical (unpaired) electrons. The highest BCUT2D eigenvalue weighted by molar-refractivity contribution is 6.31. The molecule has 0 bridgehead atoms. The summed E-state index contributed by atoms with van der Waals surface area (Å²) in [4.78, 5) is 0. The van der Waals surface area contributed by atoms with Crippen LogP contribution in [0.5, 0.6) is 0 Å². The van der Waals surface area contributed by atoms with Crippen molar-refractivity contribution in [2.45, 2.75) is 47.1 Å². The van der Waals surface area contributed by atoms with Gasteiger partial charge in [0.1, 0.15) is 0 Å². The zero-order valence-electron chi connectivity index (χ0n) is 10.7. The third-order valence-electron chi connectivity index (χ3n) is 2.89. The molecule has 0 spiro atoms. The SMILES string of the molecule is CCc1nn(CC)c(CC(C)(C)CN)c1Cl. The Morgan fingerprint density at radius 2 is 2.00 bits per heavy atom. The lowest BCUT2D eigenvalue weighted by Gasteiger charge is -2.22. The van der Waals surface area contributed by atoms with E-state index in [0.29, 0.717) is 6.54 Å². The first kappa shape index (κ1) is 13.5. The van der Waals surface area contributed by atoms with Crippen LogP contribution in [0.1, 0.15) is 39.1 Å². The van der Waals surface area contributed by atoms with Crippen molar-refractivity contribution < 1.29 is 0 Å². The number of aryl methyl sites for hydroxylation is 2. The average Bonchev–Trinajstić information content (AvgIpc) is 2.55. The molecule has 92 valence electrons. The lowest BCUT2D eigenvalue weighted by molar-refractivity contribution is 0.363. The molecule has 0 unspecified atom stereocenters. The number of nitrogens with zero attached hydrogens (tertiary/aromatic N) is 2. The molecule has 0 aliphatic carbocycles. The van der Waals surface area contributed by atoms with Crippen molar-refractivity contribution in [1.82, 2.24) is 9.78 Å². The van der Waals surface area contributed by atoms with Crippen LogP contribution in [0, 0.1) is 5.41 Å². The maximum absolute atomic E-state index is 6.35. The summed E-state index contributed by atoms with van der Waals surface area (Å²) in [6.07, 6.45) is 1.76. The van der Waals surface area contributed by atoms with Gasteiger partial charge < -0.3 is 5.73 Å². The van der Waals surface area contributed by atoms with Gasteiger partial charge in [-0.25, -0.2) is 0 Å². The van der Waals surface area contributed by atoms with Crippen LogP contribution >= 0.6 is 11.6 Å². The molecule has 0 aliphatic heterocycles. The monoisotopic (exact) mass is 243 g/mol. The summed E-state index contributed by atoms with van der Waals surface area (Å²) in [5.41, 5.74) is 7.95. The Kier molecular flexibility index (Phi) is 4.39. The Morgan fingerprint density at radius 1 is 1.38 bits per heavy atom. The van der Waals surface area contributed by atoms with Gasteiger partial charge in [-0.3, -0.25) is 4.68 Å². The first-order valence-electron chi connectivity index (χ1n) is 5.89. The fourth-order valence-corrected chi connectivity index (χ4v) is 2.05. The molecular formula is C12H22ClN3. The van der Waals surface area contributed by atoms with Crippen LogP contribution in [0.25, 0.3) is 0 Å². The minimum Gasteiger partial charge on any atom is -0.330 e. The first-order valence-corrected chi connectivity index (χ1v) is 6.27. The molecule has 0 amide bonds. The molecule has 1 rings (SSSR count). The van der Waals surface area contributed by atoms with E-state index in [1.54, 1.807) is 0 Å². The third kappa shape index (κ3) is 2.77. The first-order chi connectivity index (χ1) is 7.45. The fraction of sp³-hybridized carbons (Fsp3) is 0.750. The zero-order chi connectivity index (χ0) is 12.3. The van der Waals surface area contributed by atoms with Gasteiger partial charge in [0.05, 0.1) is 16.4 Å². The third-order valence-corrected chi connectivity index (χ3v) is 3.33. The second-order valence-corrected chi connectivity index (χ2v) is 5.30. The van der Waals surface area contributed by atoms with Gasteiger partial charge >= 0.3 is 0 Å². The van der Waals surface area contributed by atoms with E-state index >= 15 is 0 Å². The normalized spacial score (nSPS) is 12.1. The molecular weight excluding hydrogens is 222 g/mol. The van der Waals surface area contributed by atoms with Gasteiger partial charge in [0.2, 0.25) is 0 Å². The Morgan fingerprint density at radius 3 is 2.44 bits per heavy atom. The summed E-state index contributed by atoms with van der Waals surface area (Å²) in [5, 5.41) is 5.33. The fourth-order valence-electron chi connectivity index (χ4n) is 1.71. The van der Waals surface area contributed by atoms with E-state index in [1.165, 1.54) is 0 Å². The Hall–Kier alpha value is -0.540. The number of aromatic nitrogens is 2. The summed E-state index contributed by atoms with van der Waals surface area (Å²) < 4.78 is 2.00. The highest BCUT2D eigenvalue weighted by Crippen LogP contribution is 2.28. The molecule has 2 N–H and O–H groups in total. The highest BCUT2D eigenvalue weighted by Gasteiger charge is 2.22. The van der Waals surface area contributed by atoms with E-state index in [0.717, 1.165) is 35.8 Å². The smallest absolute Gasteiger partial charge is 0.0850 e. The van der Waals surface area contributed by atoms with Gasteiger partial charge in [0.25, 0.3) is 0 Å². The van der Waals surface area contributed by atoms with Gasteiger partial charge in [0, 0.05) is 6.54 Å². The zero-order valence-corrected chi connectivity index (χ0v) is 11.4. The topological polar surface area (TPSA) is 43.8 Å². The number of hydrogen-bond acceptors (Lipinski definition) is 2. The van der Waals surface area contributed by atoms with E-state index < -0.39 is 0 Å². The van der Waals surface area contributed by atoms with Crippen LogP contribution in [0.4, 0.5) is 0 Å². The standard InChI is InChI=1S/C12H22ClN3/c1-5-9-11(13)10(16(6-2)15-9)7-12(3,4)8-14/h5-8,14H2,1-4H3. The van der Waals surface area contributed by atoms with Gasteiger partial charge in [-0.2, -0.15) is 5.10 Å². The molecule has 16 heavy (non-hydrogen) atoms. The Balaban J connectivity index is 3.06. The van der Waals surface area contributed by atoms with E-state index in [2.05, 4.69) is 32.8 Å². The lowest BCUT2D eigenvalue weighted by atomic mass is 9.88. The summed E-state index contributed by atoms with van der Waals surface area (Å²) in [5.74, 6) is 0. The van der Waals surface area contributed by atoms with E-state index in [-0.39, 0.29) is 5.41 Å². The van der Waals surface area contributed by atoms with Crippen molar-refractivity contribution in [2.75, 3.05) is 6.54 Å². The van der Waals surface area contributed by atoms with Gasteiger partial charge in [-0.05, 0) is 31.7 Å². The maximum Gasteiger partial charge on any atom is 0.0850 e. The van der Waals surface area contributed by atoms with Gasteiger partial charge in [-0.1, -0.05) is 32.4 Å². The molecule has 0 atom stereocenters. The van der Waals surface area contributed by atoms with Crippen molar-refractivity contribution in [1.29, 1.82) is 0 Å². The van der Waals surface area contributed by atoms with Crippen LogP contribution < -0.4 is 5.73 Å². The van der Waals surface area contributed by atoms with E-state index in [9.17, 15) is 0 Å². The summed E-state index contributed by atoms with van der Waals surface area (Å²) in [6.45, 7) is 9.98. The van der Waals surface area contributed by atoms with Crippen molar-refractivity contribution in [3.63, 3.8) is 0 Å². The molecule has 0 fully saturated rings. The molecule has 0 saturated carbocycles. The van der Waals surface area contributed by atoms with Crippen LogP contribution in [0.2, 0.25) is 5.02 Å². The Bertz CT molecular complexity index is 355. The molecule has 0 aromatic carbocycles. The van der Waals surface area contributed by atoms with Crippen molar-refractivity contribution in [3.8, 4) is 0 Å². The number of hydrogen-bond donors (Lipinski definition) is 1. The highest BCUT2D eigenvalue weighted by atomic mass is 35.5. The summed E-state index contributed by atoms with van der Waals surface area (Å²) >= 11 is 6.35. The molecule has 4 heteroatoms. The van der Waals surface area contributed by atoms with Gasteiger partial charge in [-0.15, -0.1) is 0 Å². The lowest BCUT2D eigenvalue weighted by Crippen LogP contribution is -2.27. The summed E-state index contributed by atoms with van der Waals surface area (Å²) in [6, 6.07) is 0. The molecule has 3 nitrogen and oxygen atoms in total. The van der Waals surface area contributed by atoms with E-state index in [1.807, 2.05) is 4.68 Å². The average molecular weight is 244 g/mol. The molecule has 1 aromatic rings. The maximum atomic E-state index is 6.35. The van der Waals surface area contributed by atoms with Gasteiger partial charge in [0.15, 0.2) is 0 Å². The molecule has 1 aromatic heterocycles. The predicted octanol–water partition coefficient (Wildman–Crippen LogP) is 2.65. The predicted molar refractivity (Wildman–Crippen MR) is 68.8 cm³/mol. The van der Waals surface area contributed by atoms with E-state index in [4.69, 9.17) is 17.3 Å². The molecule has 0 saturated heterocycles. The quantitative estimate of drug-likeness (QED) is 0.864. The van der Waals surface area contributed by atoms with Crippen molar-refractivity contribution >= 4 is 11.6 Å². The second-order valence-electron chi connectivity index (χ2n) is 4.92. The minimum atomic E-state index is 0.0710. The van der Waals surface area contributed by atoms with Crippen LogP contribution in [0.15, 0.2) is 0 Å². The number of nitrogens with two attached hydrogens (primary N) is 1. The number of halogens is 1. The largest absolute Gasteiger partial charge is 0.330 e. The van der Waals surface area contributed by atoms with Crippen molar-refractivity contribution in [3.05, 3.63) is 16.4 Å². The Labute approximate surface area is 103 Å². The summed E-state index contributed by atoms with van der Waals surface area (Å²) in [7, 11) is 0. The van der Waals surface area contributed by atoms with Crippen LogP contribution in [0.3, 0.4) is 0 Å². The van der Waals surface area contributed by atoms with Crippen molar-refractivity contribution in [2.24, 2.45) is 11.1 Å². The molecule has 0 aliphatic rings.